The third-order valence-corrected chi connectivity index (χ3v) is 4.44. The second-order valence-corrected chi connectivity index (χ2v) is 6.39. The first-order valence-corrected chi connectivity index (χ1v) is 8.55. The van der Waals surface area contributed by atoms with Crippen LogP contribution in [0.15, 0.2) is 65.8 Å². The molecular formula is C20H21N5. The molecule has 5 heteroatoms. The van der Waals surface area contributed by atoms with Gasteiger partial charge >= 0.3 is 0 Å². The molecule has 0 aliphatic carbocycles. The van der Waals surface area contributed by atoms with Crippen LogP contribution in [0.1, 0.15) is 18.4 Å². The van der Waals surface area contributed by atoms with Gasteiger partial charge in [0.25, 0.3) is 0 Å². The molecule has 126 valence electrons. The lowest BCUT2D eigenvalue weighted by atomic mass is 10.0. The van der Waals surface area contributed by atoms with Crippen LogP contribution >= 0.6 is 0 Å². The Morgan fingerprint density at radius 2 is 2.16 bits per heavy atom. The molecular weight excluding hydrogens is 310 g/mol. The summed E-state index contributed by atoms with van der Waals surface area (Å²) in [5.41, 5.74) is 10.00. The van der Waals surface area contributed by atoms with Crippen molar-refractivity contribution in [2.75, 3.05) is 11.1 Å². The van der Waals surface area contributed by atoms with Crippen molar-refractivity contribution in [3.63, 3.8) is 0 Å². The summed E-state index contributed by atoms with van der Waals surface area (Å²) in [5.74, 6) is 0.909. The van der Waals surface area contributed by atoms with E-state index in [-0.39, 0.29) is 0 Å². The molecule has 2 heterocycles. The highest BCUT2D eigenvalue weighted by molar-refractivity contribution is 6.05. The Bertz CT molecular complexity index is 938. The molecule has 0 radical (unpaired) electrons. The van der Waals surface area contributed by atoms with Gasteiger partial charge in [-0.15, -0.1) is 0 Å². The molecule has 1 atom stereocenters. The summed E-state index contributed by atoms with van der Waals surface area (Å²) in [5, 5.41) is 11.5. The van der Waals surface area contributed by atoms with Gasteiger partial charge in [0.1, 0.15) is 5.84 Å². The van der Waals surface area contributed by atoms with Gasteiger partial charge in [-0.3, -0.25) is 10.1 Å². The Labute approximate surface area is 146 Å². The summed E-state index contributed by atoms with van der Waals surface area (Å²) in [7, 11) is 0. The number of aliphatic imine (C=N–C) groups is 1. The van der Waals surface area contributed by atoms with Crippen LogP contribution in [-0.4, -0.2) is 22.1 Å². The van der Waals surface area contributed by atoms with Gasteiger partial charge in [-0.2, -0.15) is 5.10 Å². The maximum Gasteiger partial charge on any atom is 0.125 e. The molecule has 3 aromatic rings. The second-order valence-electron chi connectivity index (χ2n) is 6.39. The van der Waals surface area contributed by atoms with E-state index in [0.717, 1.165) is 47.4 Å². The zero-order valence-electron chi connectivity index (χ0n) is 13.9. The standard InChI is InChI=1S/C20H21N5/c21-16-4-1-3-14(11-16)7-8-17-5-2-6-20(23-17)24-18-9-10-19-15(12-18)13-22-25-19/h1-4,6,9-13,17H,5,7-8,21H2,(H,22,25)(H,23,24). The lowest BCUT2D eigenvalue weighted by Crippen LogP contribution is -2.18. The van der Waals surface area contributed by atoms with Crippen LogP contribution < -0.4 is 11.1 Å². The molecule has 0 bridgehead atoms. The van der Waals surface area contributed by atoms with E-state index in [0.29, 0.717) is 6.04 Å². The number of aromatic amines is 1. The molecule has 25 heavy (non-hydrogen) atoms. The topological polar surface area (TPSA) is 79.1 Å². The highest BCUT2D eigenvalue weighted by atomic mass is 15.1. The summed E-state index contributed by atoms with van der Waals surface area (Å²) in [6, 6.07) is 14.5. The first-order valence-electron chi connectivity index (χ1n) is 8.55. The van der Waals surface area contributed by atoms with Crippen LogP contribution in [-0.2, 0) is 6.42 Å². The lowest BCUT2D eigenvalue weighted by molar-refractivity contribution is 0.619. The fraction of sp³-hybridized carbons (Fsp3) is 0.200. The molecule has 1 aliphatic heterocycles. The first-order chi connectivity index (χ1) is 12.3. The zero-order valence-corrected chi connectivity index (χ0v) is 13.9. The Balaban J connectivity index is 1.42. The monoisotopic (exact) mass is 331 g/mol. The molecule has 1 unspecified atom stereocenters. The Hall–Kier alpha value is -3.08. The molecule has 4 N–H and O–H groups in total. The molecule has 1 aromatic heterocycles. The molecule has 0 spiro atoms. The maximum atomic E-state index is 5.85. The van der Waals surface area contributed by atoms with Gasteiger partial charge in [0.2, 0.25) is 0 Å². The number of nitrogens with two attached hydrogens (primary N) is 1. The zero-order chi connectivity index (χ0) is 17.1. The predicted molar refractivity (Wildman–Crippen MR) is 104 cm³/mol. The molecule has 1 aliphatic rings. The molecule has 0 saturated carbocycles. The van der Waals surface area contributed by atoms with Gasteiger partial charge < -0.3 is 11.1 Å². The largest absolute Gasteiger partial charge is 0.399 e. The second kappa shape index (κ2) is 6.81. The van der Waals surface area contributed by atoms with E-state index in [1.54, 1.807) is 0 Å². The number of amidine groups is 1. The van der Waals surface area contributed by atoms with Crippen molar-refractivity contribution < 1.29 is 0 Å². The van der Waals surface area contributed by atoms with Crippen LogP contribution in [0.25, 0.3) is 10.9 Å². The Kier molecular flexibility index (Phi) is 4.21. The fourth-order valence-electron chi connectivity index (χ4n) is 3.14. The third kappa shape index (κ3) is 3.71. The fourth-order valence-corrected chi connectivity index (χ4v) is 3.14. The summed E-state index contributed by atoms with van der Waals surface area (Å²) < 4.78 is 0. The molecule has 5 nitrogen and oxygen atoms in total. The van der Waals surface area contributed by atoms with Gasteiger partial charge in [-0.1, -0.05) is 18.2 Å². The van der Waals surface area contributed by atoms with E-state index in [9.17, 15) is 0 Å². The number of nitrogens with zero attached hydrogens (tertiary/aromatic N) is 2. The summed E-state index contributed by atoms with van der Waals surface area (Å²) in [6.45, 7) is 0. The van der Waals surface area contributed by atoms with Crippen molar-refractivity contribution in [3.8, 4) is 0 Å². The minimum Gasteiger partial charge on any atom is -0.399 e. The van der Waals surface area contributed by atoms with Crippen molar-refractivity contribution in [1.29, 1.82) is 0 Å². The van der Waals surface area contributed by atoms with Gasteiger partial charge in [-0.05, 0) is 61.2 Å². The molecule has 0 amide bonds. The smallest absolute Gasteiger partial charge is 0.125 e. The van der Waals surface area contributed by atoms with Crippen molar-refractivity contribution in [2.24, 2.45) is 4.99 Å². The summed E-state index contributed by atoms with van der Waals surface area (Å²) in [6.07, 6.45) is 9.05. The van der Waals surface area contributed by atoms with E-state index in [4.69, 9.17) is 10.7 Å². The average molecular weight is 331 g/mol. The number of anilines is 2. The SMILES string of the molecule is Nc1cccc(CCC2CC=CC(Nc3ccc4[nH]ncc4c3)=N2)c1. The number of nitrogens with one attached hydrogen (secondary N) is 2. The van der Waals surface area contributed by atoms with Crippen LogP contribution in [0.3, 0.4) is 0 Å². The first kappa shape index (κ1) is 15.4. The normalized spacial score (nSPS) is 16.8. The Morgan fingerprint density at radius 1 is 1.20 bits per heavy atom. The summed E-state index contributed by atoms with van der Waals surface area (Å²) >= 11 is 0. The lowest BCUT2D eigenvalue weighted by Gasteiger charge is -2.17. The minimum atomic E-state index is 0.298. The van der Waals surface area contributed by atoms with Crippen LogP contribution in [0.5, 0.6) is 0 Å². The molecule has 0 fully saturated rings. The van der Waals surface area contributed by atoms with E-state index in [2.05, 4.69) is 39.8 Å². The van der Waals surface area contributed by atoms with Gasteiger partial charge in [0.15, 0.2) is 0 Å². The number of hydrogen-bond acceptors (Lipinski definition) is 4. The van der Waals surface area contributed by atoms with Crippen molar-refractivity contribution in [1.82, 2.24) is 10.2 Å². The molecule has 2 aromatic carbocycles. The summed E-state index contributed by atoms with van der Waals surface area (Å²) in [4.78, 5) is 4.85. The number of nitrogen functional groups attached to an aromatic ring is 1. The molecule has 4 rings (SSSR count). The number of hydrogen-bond donors (Lipinski definition) is 3. The van der Waals surface area contributed by atoms with Crippen molar-refractivity contribution >= 4 is 28.1 Å². The number of rotatable bonds is 4. The van der Waals surface area contributed by atoms with E-state index in [1.165, 1.54) is 5.56 Å². The van der Waals surface area contributed by atoms with Crippen LogP contribution in [0.2, 0.25) is 0 Å². The van der Waals surface area contributed by atoms with Crippen LogP contribution in [0.4, 0.5) is 11.4 Å². The predicted octanol–water partition coefficient (Wildman–Crippen LogP) is 3.92. The van der Waals surface area contributed by atoms with E-state index >= 15 is 0 Å². The highest BCUT2D eigenvalue weighted by Crippen LogP contribution is 2.19. The third-order valence-electron chi connectivity index (χ3n) is 4.44. The maximum absolute atomic E-state index is 5.85. The number of fused-ring (bicyclic) bond motifs is 1. The van der Waals surface area contributed by atoms with E-state index in [1.807, 2.05) is 36.5 Å². The highest BCUT2D eigenvalue weighted by Gasteiger charge is 2.11. The van der Waals surface area contributed by atoms with E-state index < -0.39 is 0 Å². The number of benzene rings is 2. The van der Waals surface area contributed by atoms with Crippen molar-refractivity contribution in [2.45, 2.75) is 25.3 Å². The van der Waals surface area contributed by atoms with Gasteiger partial charge in [-0.25, -0.2) is 0 Å². The quantitative estimate of drug-likeness (QED) is 0.634. The van der Waals surface area contributed by atoms with Gasteiger partial charge in [0, 0.05) is 16.8 Å². The molecule has 0 saturated heterocycles. The minimum absolute atomic E-state index is 0.298. The number of dihydropyridines is 1. The van der Waals surface area contributed by atoms with Crippen molar-refractivity contribution in [3.05, 3.63) is 66.4 Å². The van der Waals surface area contributed by atoms with Gasteiger partial charge in [0.05, 0.1) is 17.8 Å². The number of H-pyrrole nitrogens is 1. The number of aryl methyl sites for hydroxylation is 1. The van der Waals surface area contributed by atoms with Crippen LogP contribution in [0, 0.1) is 0 Å². The number of aromatic nitrogens is 2. The Morgan fingerprint density at radius 3 is 3.08 bits per heavy atom. The average Bonchev–Trinajstić information content (AvgIpc) is 3.08.